The molecule has 0 saturated carbocycles. The first kappa shape index (κ1) is 15.3. The molecule has 1 aromatic heterocycles. The number of carbonyl (C=O) groups excluding carboxylic acids is 1. The van der Waals surface area contributed by atoms with Crippen molar-refractivity contribution in [2.45, 2.75) is 22.4 Å². The molecule has 1 fully saturated rings. The van der Waals surface area contributed by atoms with Crippen molar-refractivity contribution in [3.05, 3.63) is 35.9 Å². The predicted octanol–water partition coefficient (Wildman–Crippen LogP) is 3.04. The Kier molecular flexibility index (Phi) is 4.94. The summed E-state index contributed by atoms with van der Waals surface area (Å²) in [5.41, 5.74) is 1.02. The number of thioether (sulfide) groups is 1. The molecule has 2 heterocycles. The molecular formula is C15H18N4OS2. The van der Waals surface area contributed by atoms with E-state index in [0.717, 1.165) is 41.0 Å². The zero-order valence-corrected chi connectivity index (χ0v) is 14.0. The van der Waals surface area contributed by atoms with Gasteiger partial charge in [-0.2, -0.15) is 0 Å². The molecule has 3 rings (SSSR count). The summed E-state index contributed by atoms with van der Waals surface area (Å²) in [5.74, 6) is 0.176. The maximum Gasteiger partial charge on any atom is 0.240 e. The lowest BCUT2D eigenvalue weighted by atomic mass is 10.1. The van der Waals surface area contributed by atoms with Gasteiger partial charge in [0.2, 0.25) is 11.0 Å². The Balaban J connectivity index is 1.83. The molecule has 0 bridgehead atoms. The van der Waals surface area contributed by atoms with Crippen LogP contribution in [-0.2, 0) is 4.79 Å². The average molecular weight is 334 g/mol. The second-order valence-electron chi connectivity index (χ2n) is 5.06. The van der Waals surface area contributed by atoms with Gasteiger partial charge in [-0.15, -0.1) is 10.2 Å². The first-order valence-corrected chi connectivity index (χ1v) is 8.99. The number of amides is 1. The number of nitrogens with one attached hydrogen (secondary N) is 1. The molecule has 5 nitrogen and oxygen atoms in total. The molecule has 0 aliphatic carbocycles. The fraction of sp³-hybridized carbons (Fsp3) is 0.400. The summed E-state index contributed by atoms with van der Waals surface area (Å²) in [7, 11) is 1.82. The number of nitrogens with zero attached hydrogens (tertiary/aromatic N) is 3. The number of hydrogen-bond acceptors (Lipinski definition) is 6. The van der Waals surface area contributed by atoms with Crippen LogP contribution in [0.3, 0.4) is 0 Å². The van der Waals surface area contributed by atoms with Crippen LogP contribution in [0.4, 0.5) is 5.13 Å². The third-order valence-corrected chi connectivity index (χ3v) is 5.85. The van der Waals surface area contributed by atoms with E-state index in [0.29, 0.717) is 0 Å². The predicted molar refractivity (Wildman–Crippen MR) is 90.3 cm³/mol. The van der Waals surface area contributed by atoms with Crippen molar-refractivity contribution in [3.8, 4) is 0 Å². The van der Waals surface area contributed by atoms with Crippen molar-refractivity contribution in [1.82, 2.24) is 15.1 Å². The highest BCUT2D eigenvalue weighted by Crippen LogP contribution is 2.39. The molecule has 2 aromatic rings. The van der Waals surface area contributed by atoms with Gasteiger partial charge in [0.25, 0.3) is 0 Å². The van der Waals surface area contributed by atoms with Crippen LogP contribution in [0.2, 0.25) is 0 Å². The summed E-state index contributed by atoms with van der Waals surface area (Å²) in [6.45, 7) is 1.72. The zero-order valence-electron chi connectivity index (χ0n) is 12.4. The van der Waals surface area contributed by atoms with E-state index < -0.39 is 0 Å². The molecule has 1 atom stereocenters. The first-order chi connectivity index (χ1) is 10.8. The Labute approximate surface area is 138 Å². The molecule has 1 N–H and O–H groups in total. The molecule has 1 saturated heterocycles. The number of benzene rings is 1. The zero-order chi connectivity index (χ0) is 15.4. The molecule has 22 heavy (non-hydrogen) atoms. The number of hydrogen-bond donors (Lipinski definition) is 1. The van der Waals surface area contributed by atoms with Crippen molar-refractivity contribution in [3.63, 3.8) is 0 Å². The topological polar surface area (TPSA) is 58.1 Å². The minimum Gasteiger partial charge on any atom is -0.363 e. The Morgan fingerprint density at radius 3 is 2.64 bits per heavy atom. The van der Waals surface area contributed by atoms with E-state index in [9.17, 15) is 4.79 Å². The van der Waals surface area contributed by atoms with Crippen LogP contribution in [0, 0.1) is 0 Å². The SMILES string of the molecule is CNc1nnc(S[C@H](C(=O)N2CCCC2)c2ccccc2)s1. The normalized spacial score (nSPS) is 15.8. The van der Waals surface area contributed by atoms with Crippen LogP contribution in [0.15, 0.2) is 34.7 Å². The molecule has 1 aromatic carbocycles. The van der Waals surface area contributed by atoms with E-state index >= 15 is 0 Å². The molecule has 0 spiro atoms. The monoisotopic (exact) mass is 334 g/mol. The van der Waals surface area contributed by atoms with Gasteiger partial charge in [0, 0.05) is 20.1 Å². The molecule has 1 aliphatic heterocycles. The molecular weight excluding hydrogens is 316 g/mol. The van der Waals surface area contributed by atoms with E-state index in [4.69, 9.17) is 0 Å². The summed E-state index contributed by atoms with van der Waals surface area (Å²) in [6, 6.07) is 9.92. The first-order valence-electron chi connectivity index (χ1n) is 7.29. The van der Waals surface area contributed by atoms with Gasteiger partial charge >= 0.3 is 0 Å². The van der Waals surface area contributed by atoms with Crippen LogP contribution in [0.25, 0.3) is 0 Å². The van der Waals surface area contributed by atoms with E-state index in [2.05, 4.69) is 15.5 Å². The molecule has 1 amide bonds. The Bertz CT molecular complexity index is 625. The lowest BCUT2D eigenvalue weighted by Crippen LogP contribution is -2.31. The lowest BCUT2D eigenvalue weighted by Gasteiger charge is -2.22. The van der Waals surface area contributed by atoms with Crippen LogP contribution in [0.1, 0.15) is 23.7 Å². The van der Waals surface area contributed by atoms with Crippen molar-refractivity contribution in [1.29, 1.82) is 0 Å². The molecule has 7 heteroatoms. The van der Waals surface area contributed by atoms with Crippen LogP contribution in [-0.4, -0.2) is 41.1 Å². The van der Waals surface area contributed by atoms with Crippen LogP contribution < -0.4 is 5.32 Å². The van der Waals surface area contributed by atoms with Gasteiger partial charge in [-0.3, -0.25) is 4.79 Å². The van der Waals surface area contributed by atoms with Gasteiger partial charge in [-0.05, 0) is 18.4 Å². The van der Waals surface area contributed by atoms with Gasteiger partial charge in [-0.25, -0.2) is 0 Å². The summed E-state index contributed by atoms with van der Waals surface area (Å²) < 4.78 is 0.811. The quantitative estimate of drug-likeness (QED) is 0.852. The number of rotatable bonds is 5. The minimum atomic E-state index is -0.253. The largest absolute Gasteiger partial charge is 0.363 e. The smallest absolute Gasteiger partial charge is 0.240 e. The van der Waals surface area contributed by atoms with E-state index in [1.54, 1.807) is 0 Å². The number of aromatic nitrogens is 2. The maximum atomic E-state index is 12.9. The Morgan fingerprint density at radius 2 is 2.00 bits per heavy atom. The minimum absolute atomic E-state index is 0.176. The summed E-state index contributed by atoms with van der Waals surface area (Å²) in [5, 5.41) is 11.7. The lowest BCUT2D eigenvalue weighted by molar-refractivity contribution is -0.129. The third-order valence-electron chi connectivity index (χ3n) is 3.58. The average Bonchev–Trinajstić information content (AvgIpc) is 3.24. The highest BCUT2D eigenvalue weighted by molar-refractivity contribution is 8.01. The highest BCUT2D eigenvalue weighted by Gasteiger charge is 2.29. The maximum absolute atomic E-state index is 12.9. The summed E-state index contributed by atoms with van der Waals surface area (Å²) >= 11 is 2.96. The van der Waals surface area contributed by atoms with Gasteiger partial charge in [-0.1, -0.05) is 53.4 Å². The highest BCUT2D eigenvalue weighted by atomic mass is 32.2. The Morgan fingerprint density at radius 1 is 1.27 bits per heavy atom. The molecule has 1 aliphatic rings. The van der Waals surface area contributed by atoms with Crippen LogP contribution >= 0.6 is 23.1 Å². The van der Waals surface area contributed by atoms with E-state index in [1.807, 2.05) is 42.3 Å². The molecule has 116 valence electrons. The van der Waals surface area contributed by atoms with Crippen LogP contribution in [0.5, 0.6) is 0 Å². The number of likely N-dealkylation sites (tertiary alicyclic amines) is 1. The standard InChI is InChI=1S/C15H18N4OS2/c1-16-14-17-18-15(22-14)21-12(11-7-3-2-4-8-11)13(20)19-9-5-6-10-19/h2-4,7-8,12H,5-6,9-10H2,1H3,(H,16,17)/t12-/m0/s1. The van der Waals surface area contributed by atoms with Crippen molar-refractivity contribution in [2.75, 3.05) is 25.5 Å². The summed E-state index contributed by atoms with van der Waals surface area (Å²) in [4.78, 5) is 14.8. The molecule has 0 radical (unpaired) electrons. The fourth-order valence-electron chi connectivity index (χ4n) is 2.45. The van der Waals surface area contributed by atoms with Gasteiger partial charge in [0.05, 0.1) is 0 Å². The molecule has 0 unspecified atom stereocenters. The number of carbonyl (C=O) groups is 1. The second kappa shape index (κ2) is 7.11. The van der Waals surface area contributed by atoms with E-state index in [-0.39, 0.29) is 11.2 Å². The second-order valence-corrected chi connectivity index (χ2v) is 7.39. The van der Waals surface area contributed by atoms with Crippen molar-refractivity contribution >= 4 is 34.1 Å². The fourth-order valence-corrected chi connectivity index (χ4v) is 4.43. The Hall–Kier alpha value is -1.60. The van der Waals surface area contributed by atoms with Crippen molar-refractivity contribution < 1.29 is 4.79 Å². The van der Waals surface area contributed by atoms with Crippen molar-refractivity contribution in [2.24, 2.45) is 0 Å². The van der Waals surface area contributed by atoms with Gasteiger partial charge < -0.3 is 10.2 Å². The third kappa shape index (κ3) is 3.41. The number of anilines is 1. The van der Waals surface area contributed by atoms with Gasteiger partial charge in [0.1, 0.15) is 5.25 Å². The van der Waals surface area contributed by atoms with E-state index in [1.165, 1.54) is 23.1 Å². The summed E-state index contributed by atoms with van der Waals surface area (Å²) in [6.07, 6.45) is 2.20. The van der Waals surface area contributed by atoms with Gasteiger partial charge in [0.15, 0.2) is 4.34 Å².